The number of fused-ring (bicyclic) bond motifs is 1. The molecule has 0 aliphatic heterocycles. The lowest BCUT2D eigenvalue weighted by molar-refractivity contribution is -0.137. The average molecular weight is 436 g/mol. The summed E-state index contributed by atoms with van der Waals surface area (Å²) in [4.78, 5) is 16.1. The van der Waals surface area contributed by atoms with E-state index in [9.17, 15) is 18.0 Å². The molecule has 2 atom stereocenters. The number of H-pyrrole nitrogens is 1. The highest BCUT2D eigenvalue weighted by Gasteiger charge is 2.32. The van der Waals surface area contributed by atoms with E-state index in [1.165, 1.54) is 6.07 Å². The van der Waals surface area contributed by atoms with E-state index in [1.54, 1.807) is 12.3 Å². The summed E-state index contributed by atoms with van der Waals surface area (Å²) in [6.07, 6.45) is -2.64. The number of para-hydroxylation sites is 1. The van der Waals surface area contributed by atoms with Crippen LogP contribution in [0.3, 0.4) is 0 Å². The minimum Gasteiger partial charge on any atom is -0.361 e. The van der Waals surface area contributed by atoms with Gasteiger partial charge in [0.1, 0.15) is 0 Å². The Morgan fingerprint density at radius 2 is 1.62 bits per heavy atom. The summed E-state index contributed by atoms with van der Waals surface area (Å²) in [6, 6.07) is 22.1. The zero-order valence-corrected chi connectivity index (χ0v) is 17.5. The Labute approximate surface area is 184 Å². The number of carbonyl (C=O) groups is 1. The molecule has 0 fully saturated rings. The van der Waals surface area contributed by atoms with Crippen LogP contribution in [-0.4, -0.2) is 10.9 Å². The van der Waals surface area contributed by atoms with E-state index in [-0.39, 0.29) is 18.4 Å². The lowest BCUT2D eigenvalue weighted by Gasteiger charge is -2.21. The lowest BCUT2D eigenvalue weighted by atomic mass is 9.87. The number of carbonyl (C=O) groups excluding carboxylic acids is 1. The second-order valence-electron chi connectivity index (χ2n) is 7.87. The van der Waals surface area contributed by atoms with Gasteiger partial charge in [0, 0.05) is 29.4 Å². The van der Waals surface area contributed by atoms with E-state index in [2.05, 4.69) is 10.3 Å². The molecule has 0 saturated carbocycles. The van der Waals surface area contributed by atoms with Gasteiger partial charge in [-0.25, -0.2) is 0 Å². The molecule has 3 nitrogen and oxygen atoms in total. The normalized spacial score (nSPS) is 13.6. The molecule has 32 heavy (non-hydrogen) atoms. The van der Waals surface area contributed by atoms with Crippen LogP contribution in [0.5, 0.6) is 0 Å². The van der Waals surface area contributed by atoms with Crippen molar-refractivity contribution in [1.29, 1.82) is 0 Å². The molecule has 0 aliphatic rings. The van der Waals surface area contributed by atoms with Gasteiger partial charge in [-0.1, -0.05) is 66.7 Å². The Kier molecular flexibility index (Phi) is 6.04. The minimum absolute atomic E-state index is 0.0281. The molecule has 0 saturated heterocycles. The molecule has 3 aromatic carbocycles. The fourth-order valence-corrected chi connectivity index (χ4v) is 4.03. The Hall–Kier alpha value is -3.54. The fraction of sp³-hybridized carbons (Fsp3) is 0.192. The topological polar surface area (TPSA) is 44.9 Å². The molecule has 1 amide bonds. The first-order chi connectivity index (χ1) is 15.3. The molecule has 1 heterocycles. The predicted octanol–water partition coefficient (Wildman–Crippen LogP) is 6.59. The highest BCUT2D eigenvalue weighted by Crippen LogP contribution is 2.37. The van der Waals surface area contributed by atoms with Crippen LogP contribution in [0.15, 0.2) is 85.1 Å². The average Bonchev–Trinajstić information content (AvgIpc) is 3.21. The second-order valence-corrected chi connectivity index (χ2v) is 7.87. The van der Waals surface area contributed by atoms with Gasteiger partial charge in [-0.15, -0.1) is 0 Å². The summed E-state index contributed by atoms with van der Waals surface area (Å²) >= 11 is 0. The molecule has 0 radical (unpaired) electrons. The standard InChI is InChI=1S/C26H23F3N2O/c1-17(18-8-3-2-4-9-18)31-25(32)15-22(19-10-7-11-20(14-19)26(27,28)29)23-16-30-24-13-6-5-12-21(23)24/h2-14,16-17,22,30H,15H2,1H3,(H,31,32). The number of amides is 1. The number of rotatable bonds is 6. The molecule has 6 heteroatoms. The van der Waals surface area contributed by atoms with Crippen molar-refractivity contribution >= 4 is 16.8 Å². The van der Waals surface area contributed by atoms with Gasteiger partial charge < -0.3 is 10.3 Å². The first-order valence-corrected chi connectivity index (χ1v) is 10.4. The minimum atomic E-state index is -4.45. The second kappa shape index (κ2) is 8.91. The smallest absolute Gasteiger partial charge is 0.361 e. The Balaban J connectivity index is 1.68. The molecule has 164 valence electrons. The largest absolute Gasteiger partial charge is 0.416 e. The lowest BCUT2D eigenvalue weighted by Crippen LogP contribution is -2.28. The van der Waals surface area contributed by atoms with Crippen molar-refractivity contribution in [1.82, 2.24) is 10.3 Å². The van der Waals surface area contributed by atoms with Crippen molar-refractivity contribution in [2.75, 3.05) is 0 Å². The highest BCUT2D eigenvalue weighted by atomic mass is 19.4. The van der Waals surface area contributed by atoms with E-state index in [0.717, 1.165) is 34.2 Å². The molecule has 2 unspecified atom stereocenters. The summed E-state index contributed by atoms with van der Waals surface area (Å²) < 4.78 is 40.1. The molecule has 2 N–H and O–H groups in total. The third-order valence-corrected chi connectivity index (χ3v) is 5.68. The van der Waals surface area contributed by atoms with Gasteiger partial charge >= 0.3 is 6.18 Å². The van der Waals surface area contributed by atoms with Gasteiger partial charge in [-0.05, 0) is 35.7 Å². The maximum absolute atomic E-state index is 13.4. The Morgan fingerprint density at radius 1 is 0.938 bits per heavy atom. The molecular weight excluding hydrogens is 413 g/mol. The first-order valence-electron chi connectivity index (χ1n) is 10.4. The molecule has 0 bridgehead atoms. The van der Waals surface area contributed by atoms with Crippen molar-refractivity contribution in [3.63, 3.8) is 0 Å². The predicted molar refractivity (Wildman–Crippen MR) is 119 cm³/mol. The summed E-state index contributed by atoms with van der Waals surface area (Å²) in [7, 11) is 0. The van der Waals surface area contributed by atoms with Crippen LogP contribution in [0, 0.1) is 0 Å². The SMILES string of the molecule is CC(NC(=O)CC(c1cccc(C(F)(F)F)c1)c1c[nH]c2ccccc12)c1ccccc1. The Bertz CT molecular complexity index is 1210. The van der Waals surface area contributed by atoms with Crippen molar-refractivity contribution in [2.45, 2.75) is 31.5 Å². The van der Waals surface area contributed by atoms with Gasteiger partial charge in [0.2, 0.25) is 5.91 Å². The quantitative estimate of drug-likeness (QED) is 0.352. The number of alkyl halides is 3. The highest BCUT2D eigenvalue weighted by molar-refractivity contribution is 5.86. The van der Waals surface area contributed by atoms with Crippen LogP contribution < -0.4 is 5.32 Å². The summed E-state index contributed by atoms with van der Waals surface area (Å²) in [5.41, 5.74) is 2.36. The van der Waals surface area contributed by atoms with Crippen LogP contribution in [-0.2, 0) is 11.0 Å². The van der Waals surface area contributed by atoms with Crippen molar-refractivity contribution < 1.29 is 18.0 Å². The number of hydrogen-bond acceptors (Lipinski definition) is 1. The maximum atomic E-state index is 13.4. The monoisotopic (exact) mass is 436 g/mol. The third-order valence-electron chi connectivity index (χ3n) is 5.68. The van der Waals surface area contributed by atoms with E-state index >= 15 is 0 Å². The van der Waals surface area contributed by atoms with E-state index in [1.807, 2.05) is 61.5 Å². The zero-order chi connectivity index (χ0) is 22.7. The van der Waals surface area contributed by atoms with Crippen LogP contribution >= 0.6 is 0 Å². The van der Waals surface area contributed by atoms with Gasteiger partial charge in [-0.2, -0.15) is 13.2 Å². The van der Waals surface area contributed by atoms with E-state index in [0.29, 0.717) is 5.56 Å². The third kappa shape index (κ3) is 4.69. The zero-order valence-electron chi connectivity index (χ0n) is 17.5. The van der Waals surface area contributed by atoms with E-state index in [4.69, 9.17) is 0 Å². The van der Waals surface area contributed by atoms with Gasteiger partial charge in [0.25, 0.3) is 0 Å². The van der Waals surface area contributed by atoms with Crippen molar-refractivity contribution in [3.8, 4) is 0 Å². The number of halogens is 3. The summed E-state index contributed by atoms with van der Waals surface area (Å²) in [5, 5.41) is 3.87. The first kappa shape index (κ1) is 21.7. The molecular formula is C26H23F3N2O. The number of hydrogen-bond donors (Lipinski definition) is 2. The van der Waals surface area contributed by atoms with Crippen LogP contribution in [0.4, 0.5) is 13.2 Å². The van der Waals surface area contributed by atoms with Crippen LogP contribution in [0.25, 0.3) is 10.9 Å². The number of nitrogens with one attached hydrogen (secondary N) is 2. The molecule has 0 spiro atoms. The van der Waals surface area contributed by atoms with Crippen molar-refractivity contribution in [3.05, 3.63) is 107 Å². The number of aromatic nitrogens is 1. The fourth-order valence-electron chi connectivity index (χ4n) is 4.03. The molecule has 1 aromatic heterocycles. The number of benzene rings is 3. The summed E-state index contributed by atoms with van der Waals surface area (Å²) in [5.74, 6) is -0.759. The molecule has 4 aromatic rings. The van der Waals surface area contributed by atoms with Gasteiger partial charge in [0.15, 0.2) is 0 Å². The van der Waals surface area contributed by atoms with Crippen LogP contribution in [0.1, 0.15) is 47.6 Å². The van der Waals surface area contributed by atoms with Gasteiger partial charge in [-0.3, -0.25) is 4.79 Å². The molecule has 0 aliphatic carbocycles. The molecule has 4 rings (SSSR count). The summed E-state index contributed by atoms with van der Waals surface area (Å²) in [6.45, 7) is 1.89. The van der Waals surface area contributed by atoms with Crippen molar-refractivity contribution in [2.24, 2.45) is 0 Å². The maximum Gasteiger partial charge on any atom is 0.416 e. The Morgan fingerprint density at radius 3 is 2.38 bits per heavy atom. The van der Waals surface area contributed by atoms with Gasteiger partial charge in [0.05, 0.1) is 11.6 Å². The van der Waals surface area contributed by atoms with E-state index < -0.39 is 17.7 Å². The van der Waals surface area contributed by atoms with Crippen LogP contribution in [0.2, 0.25) is 0 Å². The number of aromatic amines is 1.